The van der Waals surface area contributed by atoms with Gasteiger partial charge in [-0.2, -0.15) is 23.4 Å². The number of nitrogens with two attached hydrogens (primary N) is 1. The monoisotopic (exact) mass is 479 g/mol. The van der Waals surface area contributed by atoms with Crippen molar-refractivity contribution in [2.45, 2.75) is 6.18 Å². The van der Waals surface area contributed by atoms with Crippen LogP contribution in [-0.2, 0) is 13.2 Å². The molecule has 35 heavy (non-hydrogen) atoms. The van der Waals surface area contributed by atoms with Crippen LogP contribution in [-0.4, -0.2) is 36.2 Å². The minimum Gasteiger partial charge on any atom is -0.364 e. The van der Waals surface area contributed by atoms with E-state index in [1.807, 2.05) is 24.3 Å². The van der Waals surface area contributed by atoms with Crippen molar-refractivity contribution in [1.29, 1.82) is 0 Å². The van der Waals surface area contributed by atoms with Gasteiger partial charge in [-0.1, -0.05) is 36.4 Å². The second kappa shape index (κ2) is 7.94. The minimum absolute atomic E-state index is 0.00270. The van der Waals surface area contributed by atoms with E-state index in [4.69, 9.17) is 5.73 Å². The van der Waals surface area contributed by atoms with Crippen LogP contribution < -0.4 is 11.1 Å². The number of alkyl halides is 3. The lowest BCUT2D eigenvalue weighted by Gasteiger charge is -2.11. The van der Waals surface area contributed by atoms with E-state index in [9.17, 15) is 22.8 Å². The van der Waals surface area contributed by atoms with Gasteiger partial charge in [-0.3, -0.25) is 14.3 Å². The summed E-state index contributed by atoms with van der Waals surface area (Å²) in [6.07, 6.45) is -3.57. The predicted octanol–water partition coefficient (Wildman–Crippen LogP) is 3.65. The average Bonchev–Trinajstić information content (AvgIpc) is 3.40. The molecule has 0 unspecified atom stereocenters. The molecule has 0 aliphatic heterocycles. The van der Waals surface area contributed by atoms with Crippen LogP contribution in [0.25, 0.3) is 27.7 Å². The minimum atomic E-state index is -4.77. The lowest BCUT2D eigenvalue weighted by Crippen LogP contribution is -2.20. The van der Waals surface area contributed by atoms with Crippen molar-refractivity contribution in [1.82, 2.24) is 24.4 Å². The maximum Gasteiger partial charge on any atom is 0.433 e. The number of carbonyl (C=O) groups excluding carboxylic acids is 2. The van der Waals surface area contributed by atoms with Gasteiger partial charge in [0.25, 0.3) is 11.8 Å². The van der Waals surface area contributed by atoms with E-state index in [-0.39, 0.29) is 28.4 Å². The van der Waals surface area contributed by atoms with Crippen molar-refractivity contribution in [3.8, 4) is 11.3 Å². The number of anilines is 1. The number of aryl methyl sites for hydroxylation is 1. The number of amides is 2. The Morgan fingerprint density at radius 1 is 1.03 bits per heavy atom. The predicted molar refractivity (Wildman–Crippen MR) is 121 cm³/mol. The van der Waals surface area contributed by atoms with Gasteiger partial charge in [-0.05, 0) is 22.9 Å². The fourth-order valence-electron chi connectivity index (χ4n) is 3.79. The highest BCUT2D eigenvalue weighted by Crippen LogP contribution is 2.33. The van der Waals surface area contributed by atoms with Crippen LogP contribution >= 0.6 is 0 Å². The van der Waals surface area contributed by atoms with Gasteiger partial charge in [0.15, 0.2) is 17.0 Å². The first-order valence-electron chi connectivity index (χ1n) is 10.2. The van der Waals surface area contributed by atoms with Crippen LogP contribution in [0.3, 0.4) is 0 Å². The summed E-state index contributed by atoms with van der Waals surface area (Å²) in [6.45, 7) is 0. The van der Waals surface area contributed by atoms with Crippen molar-refractivity contribution in [3.63, 3.8) is 0 Å². The molecule has 3 N–H and O–H groups in total. The van der Waals surface area contributed by atoms with Crippen molar-refractivity contribution < 1.29 is 22.8 Å². The summed E-state index contributed by atoms with van der Waals surface area (Å²) in [5, 5.41) is 11.9. The molecule has 0 aliphatic carbocycles. The normalized spacial score (nSPS) is 11.8. The van der Waals surface area contributed by atoms with Gasteiger partial charge < -0.3 is 11.1 Å². The molecule has 176 valence electrons. The van der Waals surface area contributed by atoms with E-state index in [2.05, 4.69) is 20.5 Å². The van der Waals surface area contributed by atoms with Crippen LogP contribution in [0.5, 0.6) is 0 Å². The number of rotatable bonds is 4. The Bertz CT molecular complexity index is 1640. The van der Waals surface area contributed by atoms with Gasteiger partial charge in [-0.25, -0.2) is 9.50 Å². The second-order valence-corrected chi connectivity index (χ2v) is 7.73. The number of nitrogens with zero attached hydrogens (tertiary/aromatic N) is 5. The number of carbonyl (C=O) groups is 2. The highest BCUT2D eigenvalue weighted by Gasteiger charge is 2.36. The zero-order valence-electron chi connectivity index (χ0n) is 18.0. The van der Waals surface area contributed by atoms with Gasteiger partial charge in [0.05, 0.1) is 17.6 Å². The third-order valence-corrected chi connectivity index (χ3v) is 5.42. The molecule has 0 fully saturated rings. The summed E-state index contributed by atoms with van der Waals surface area (Å²) >= 11 is 0. The number of primary amides is 1. The third kappa shape index (κ3) is 3.94. The third-order valence-electron chi connectivity index (χ3n) is 5.42. The molecule has 2 amide bonds. The maximum atomic E-state index is 13.9. The molecule has 12 heteroatoms. The molecule has 3 heterocycles. The van der Waals surface area contributed by atoms with Crippen LogP contribution in [0.4, 0.5) is 18.9 Å². The van der Waals surface area contributed by atoms with E-state index in [1.165, 1.54) is 17.9 Å². The number of halogens is 3. The summed E-state index contributed by atoms with van der Waals surface area (Å²) in [5.41, 5.74) is 4.18. The fraction of sp³-hybridized carbons (Fsp3) is 0.0870. The van der Waals surface area contributed by atoms with E-state index < -0.39 is 23.7 Å². The van der Waals surface area contributed by atoms with Crippen LogP contribution in [0, 0.1) is 0 Å². The van der Waals surface area contributed by atoms with Crippen molar-refractivity contribution in [2.75, 3.05) is 5.32 Å². The van der Waals surface area contributed by atoms with Crippen LogP contribution in [0.15, 0.2) is 60.8 Å². The number of hydrogen-bond donors (Lipinski definition) is 2. The van der Waals surface area contributed by atoms with Crippen molar-refractivity contribution in [2.24, 2.45) is 12.8 Å². The Balaban J connectivity index is 1.59. The molecule has 3 aromatic heterocycles. The van der Waals surface area contributed by atoms with E-state index in [0.29, 0.717) is 10.1 Å². The number of aromatic nitrogens is 5. The fourth-order valence-corrected chi connectivity index (χ4v) is 3.79. The molecule has 0 radical (unpaired) electrons. The first-order valence-corrected chi connectivity index (χ1v) is 10.2. The van der Waals surface area contributed by atoms with Gasteiger partial charge in [0.1, 0.15) is 5.69 Å². The van der Waals surface area contributed by atoms with Gasteiger partial charge in [0, 0.05) is 18.7 Å². The highest BCUT2D eigenvalue weighted by atomic mass is 19.4. The zero-order valence-corrected chi connectivity index (χ0v) is 18.0. The lowest BCUT2D eigenvalue weighted by atomic mass is 10.0. The molecule has 5 aromatic rings. The molecule has 0 saturated heterocycles. The lowest BCUT2D eigenvalue weighted by molar-refractivity contribution is -0.142. The molecule has 2 aromatic carbocycles. The molecular weight excluding hydrogens is 463 g/mol. The molecule has 5 rings (SSSR count). The van der Waals surface area contributed by atoms with Gasteiger partial charge in [0.2, 0.25) is 0 Å². The summed E-state index contributed by atoms with van der Waals surface area (Å²) in [5.74, 6) is -1.69. The van der Waals surface area contributed by atoms with Crippen molar-refractivity contribution >= 4 is 33.9 Å². The number of benzene rings is 2. The molecule has 0 bridgehead atoms. The standard InChI is InChI=1S/C23H16F3N7O2/c1-32-20(21(27)34)17(11-28-32)30-22(35)16-10-19-29-15(9-18(23(24,25)26)33(19)31-16)14-7-6-12-4-2-3-5-13(12)8-14/h2-11H,1H3,(H2,27,34)(H,30,35). The highest BCUT2D eigenvalue weighted by molar-refractivity contribution is 6.07. The van der Waals surface area contributed by atoms with Crippen LogP contribution in [0.1, 0.15) is 26.7 Å². The zero-order chi connectivity index (χ0) is 24.9. The number of hydrogen-bond acceptors (Lipinski definition) is 5. The Hall–Kier alpha value is -4.74. The van der Waals surface area contributed by atoms with E-state index >= 15 is 0 Å². The summed E-state index contributed by atoms with van der Waals surface area (Å²) in [4.78, 5) is 28.7. The summed E-state index contributed by atoms with van der Waals surface area (Å²) in [7, 11) is 1.45. The topological polar surface area (TPSA) is 120 Å². The first-order chi connectivity index (χ1) is 16.6. The Morgan fingerprint density at radius 2 is 1.77 bits per heavy atom. The van der Waals surface area contributed by atoms with Gasteiger partial charge >= 0.3 is 6.18 Å². The van der Waals surface area contributed by atoms with E-state index in [0.717, 1.165) is 22.9 Å². The van der Waals surface area contributed by atoms with Crippen molar-refractivity contribution in [3.05, 3.63) is 77.9 Å². The van der Waals surface area contributed by atoms with E-state index in [1.54, 1.807) is 18.2 Å². The largest absolute Gasteiger partial charge is 0.433 e. The molecule has 0 spiro atoms. The quantitative estimate of drug-likeness (QED) is 0.408. The Kier molecular flexibility index (Phi) is 5.01. The Labute approximate surface area is 195 Å². The molecule has 0 atom stereocenters. The van der Waals surface area contributed by atoms with Crippen LogP contribution in [0.2, 0.25) is 0 Å². The summed E-state index contributed by atoms with van der Waals surface area (Å²) in [6, 6.07) is 14.7. The summed E-state index contributed by atoms with van der Waals surface area (Å²) < 4.78 is 43.5. The molecular formula is C23H16F3N7O2. The smallest absolute Gasteiger partial charge is 0.364 e. The molecule has 0 aliphatic rings. The second-order valence-electron chi connectivity index (χ2n) is 7.73. The molecule has 0 saturated carbocycles. The Morgan fingerprint density at radius 3 is 2.49 bits per heavy atom. The first kappa shape index (κ1) is 22.1. The number of fused-ring (bicyclic) bond motifs is 2. The molecule has 9 nitrogen and oxygen atoms in total. The average molecular weight is 479 g/mol. The number of nitrogens with one attached hydrogen (secondary N) is 1. The maximum absolute atomic E-state index is 13.9. The van der Waals surface area contributed by atoms with Gasteiger partial charge in [-0.15, -0.1) is 0 Å². The SMILES string of the molecule is Cn1ncc(NC(=O)c2cc3nc(-c4ccc5ccccc5c4)cc(C(F)(F)F)n3n2)c1C(N)=O.